The van der Waals surface area contributed by atoms with Crippen molar-refractivity contribution in [1.29, 1.82) is 0 Å². The predicted octanol–water partition coefficient (Wildman–Crippen LogP) is 12.8. The lowest BCUT2D eigenvalue weighted by Crippen LogP contribution is -1.94. The molecule has 12 nitrogen and oxygen atoms in total. The Morgan fingerprint density at radius 2 is 0.513 bits per heavy atom. The first-order valence-corrected chi connectivity index (χ1v) is 28.8. The van der Waals surface area contributed by atoms with Crippen LogP contribution in [0, 0.1) is 27.7 Å². The molecule has 2 aliphatic heterocycles. The van der Waals surface area contributed by atoms with E-state index in [0.29, 0.717) is 129 Å². The molecule has 0 aliphatic carbocycles. The van der Waals surface area contributed by atoms with Crippen LogP contribution in [-0.2, 0) is 43.2 Å². The second-order valence-corrected chi connectivity index (χ2v) is 24.7. The van der Waals surface area contributed by atoms with E-state index in [9.17, 15) is 16.8 Å². The lowest BCUT2D eigenvalue weighted by Gasteiger charge is -2.06. The minimum Gasteiger partial charge on any atom is -0.324 e. The second-order valence-electron chi connectivity index (χ2n) is 18.8. The van der Waals surface area contributed by atoms with Crippen LogP contribution < -0.4 is 0 Å². The fourth-order valence-corrected chi connectivity index (χ4v) is 13.7. The summed E-state index contributed by atoms with van der Waals surface area (Å²) < 4.78 is 56.9. The van der Waals surface area contributed by atoms with Crippen LogP contribution in [-0.4, -0.2) is 56.7 Å². The highest BCUT2D eigenvalue weighted by molar-refractivity contribution is 7.86. The summed E-state index contributed by atoms with van der Waals surface area (Å²) in [5.41, 5.74) is 8.34. The van der Waals surface area contributed by atoms with Crippen molar-refractivity contribution in [3.05, 3.63) is 192 Å². The van der Waals surface area contributed by atoms with Crippen molar-refractivity contribution in [2.24, 2.45) is 0 Å². The highest BCUT2D eigenvalue weighted by atomic mass is 32.2. The van der Waals surface area contributed by atoms with Gasteiger partial charge < -0.3 is 9.97 Å². The van der Waals surface area contributed by atoms with Crippen molar-refractivity contribution in [3.8, 4) is 45.6 Å². The molecule has 11 aromatic rings. The molecule has 0 spiro atoms. The standard InChI is InChI=1S/C60H42N8O4S4/c1-33-5-13-37(14-6-33)73(69)41-21-25-45-49(29-41)57-61-53(45)66-58-51-31-43(75(71)39-17-9-35(3)10-18-39)23-27-47(51)55(63-58)68-60-52-32-44(76(72)40-19-11-36(4)12-20-40)24-28-48(52)56(64-60)67-59-50-30-42(22-26-46(50)54(62-59)65-57)74(70)38-15-7-34(2)8-16-38/h5-32H,1-4H3,(H2,61,62,63,64,65,66,67,68). The SMILES string of the molecule is Cc1ccc(S(=O)c2ccc3c(c2)-c2nc-3nc3[nH]c(nc4nc(nc5[nH]c(n2)c2ccc(S(=O)c6ccc(C)cc6)cc52)-c2ccc(S(=O)c5ccc(C)cc5)cc2-4)c2ccc(S(=O)c4ccc(C)cc4)cc32)cc1. The first-order chi connectivity index (χ1) is 36.9. The first kappa shape index (κ1) is 47.4. The van der Waals surface area contributed by atoms with E-state index in [1.165, 1.54) is 0 Å². The number of fused-ring (bicyclic) bond motifs is 20. The summed E-state index contributed by atoms with van der Waals surface area (Å²) >= 11 is 0. The molecular weight excluding hydrogens is 1020 g/mol. The van der Waals surface area contributed by atoms with Gasteiger partial charge in [0.15, 0.2) is 23.3 Å². The van der Waals surface area contributed by atoms with Crippen LogP contribution in [0.4, 0.5) is 0 Å². The van der Waals surface area contributed by atoms with E-state index in [1.807, 2.05) is 198 Å². The number of hydrogen-bond donors (Lipinski definition) is 2. The van der Waals surface area contributed by atoms with Crippen molar-refractivity contribution in [3.63, 3.8) is 0 Å². The minimum atomic E-state index is -1.54. The molecule has 76 heavy (non-hydrogen) atoms. The Kier molecular flexibility index (Phi) is 11.8. The molecule has 0 amide bonds. The van der Waals surface area contributed by atoms with Gasteiger partial charge in [0.25, 0.3) is 0 Å². The van der Waals surface area contributed by atoms with Crippen LogP contribution in [0.1, 0.15) is 22.3 Å². The molecule has 0 radical (unpaired) electrons. The molecule has 8 bridgehead atoms. The molecule has 13 rings (SSSR count). The fraction of sp³-hybridized carbons (Fsp3) is 0.0667. The largest absolute Gasteiger partial charge is 0.324 e. The number of nitrogens with one attached hydrogen (secondary N) is 2. The van der Waals surface area contributed by atoms with Gasteiger partial charge in [0.2, 0.25) is 0 Å². The lowest BCUT2D eigenvalue weighted by atomic mass is 10.1. The van der Waals surface area contributed by atoms with Crippen molar-refractivity contribution < 1.29 is 16.8 Å². The first-order valence-electron chi connectivity index (χ1n) is 24.2. The van der Waals surface area contributed by atoms with Gasteiger partial charge >= 0.3 is 0 Å². The summed E-state index contributed by atoms with van der Waals surface area (Å²) in [6, 6.07) is 52.7. The number of aromatic nitrogens is 8. The molecule has 3 aromatic heterocycles. The van der Waals surface area contributed by atoms with Gasteiger partial charge in [0, 0.05) is 83.0 Å². The van der Waals surface area contributed by atoms with E-state index in [0.717, 1.165) is 22.3 Å². The molecule has 370 valence electrons. The number of aryl methyl sites for hydroxylation is 4. The van der Waals surface area contributed by atoms with Crippen molar-refractivity contribution in [1.82, 2.24) is 39.9 Å². The van der Waals surface area contributed by atoms with Gasteiger partial charge in [-0.15, -0.1) is 0 Å². The number of rotatable bonds is 8. The summed E-state index contributed by atoms with van der Waals surface area (Å²) in [6.45, 7) is 7.96. The summed E-state index contributed by atoms with van der Waals surface area (Å²) in [6.07, 6.45) is 0. The average Bonchev–Trinajstić information content (AvgIpc) is 4.19. The zero-order valence-corrected chi connectivity index (χ0v) is 44.4. The zero-order valence-electron chi connectivity index (χ0n) is 41.1. The van der Waals surface area contributed by atoms with Gasteiger partial charge in [-0.25, -0.2) is 46.7 Å². The van der Waals surface area contributed by atoms with E-state index < -0.39 is 43.2 Å². The van der Waals surface area contributed by atoms with Crippen LogP contribution in [0.15, 0.2) is 209 Å². The maximum absolute atomic E-state index is 14.2. The molecular formula is C60H42N8O4S4. The molecule has 0 fully saturated rings. The Morgan fingerprint density at radius 3 is 0.829 bits per heavy atom. The average molecular weight is 1070 g/mol. The van der Waals surface area contributed by atoms with Crippen molar-refractivity contribution in [2.45, 2.75) is 66.9 Å². The Hall–Kier alpha value is -8.28. The Balaban J connectivity index is 1.10. The lowest BCUT2D eigenvalue weighted by molar-refractivity contribution is 0.682. The Bertz CT molecular complexity index is 4230. The second kappa shape index (κ2) is 18.8. The van der Waals surface area contributed by atoms with Crippen LogP contribution in [0.3, 0.4) is 0 Å². The van der Waals surface area contributed by atoms with Gasteiger partial charge in [-0.2, -0.15) is 0 Å². The Labute approximate surface area is 445 Å². The smallest absolute Gasteiger partial charge is 0.164 e. The molecule has 0 saturated carbocycles. The number of aromatic amines is 2. The van der Waals surface area contributed by atoms with Crippen molar-refractivity contribution >= 4 is 87.3 Å². The van der Waals surface area contributed by atoms with Gasteiger partial charge in [-0.3, -0.25) is 0 Å². The highest BCUT2D eigenvalue weighted by Crippen LogP contribution is 2.40. The third kappa shape index (κ3) is 8.52. The number of nitrogens with zero attached hydrogens (tertiary/aromatic N) is 6. The number of benzene rings is 8. The predicted molar refractivity (Wildman–Crippen MR) is 299 cm³/mol. The number of hydrogen-bond acceptors (Lipinski definition) is 10. The summed E-state index contributed by atoms with van der Waals surface area (Å²) in [5, 5.41) is 2.61. The molecule has 0 saturated heterocycles. The quantitative estimate of drug-likeness (QED) is 0.149. The molecule has 4 unspecified atom stereocenters. The van der Waals surface area contributed by atoms with Gasteiger partial charge in [0.05, 0.1) is 43.2 Å². The fourth-order valence-electron chi connectivity index (χ4n) is 9.36. The van der Waals surface area contributed by atoms with Gasteiger partial charge in [-0.1, -0.05) is 70.8 Å². The normalized spacial score (nSPS) is 13.5. The zero-order chi connectivity index (χ0) is 51.9. The molecule has 4 atom stereocenters. The molecule has 16 heteroatoms. The Morgan fingerprint density at radius 1 is 0.263 bits per heavy atom. The maximum Gasteiger partial charge on any atom is 0.164 e. The van der Waals surface area contributed by atoms with Gasteiger partial charge in [0.1, 0.15) is 22.6 Å². The summed E-state index contributed by atoms with van der Waals surface area (Å²) in [5.74, 6) is 1.26. The van der Waals surface area contributed by atoms with E-state index >= 15 is 0 Å². The van der Waals surface area contributed by atoms with Crippen LogP contribution in [0.25, 0.3) is 89.7 Å². The summed E-state index contributed by atoms with van der Waals surface area (Å²) in [4.78, 5) is 43.0. The highest BCUT2D eigenvalue weighted by Gasteiger charge is 2.26. The summed E-state index contributed by atoms with van der Waals surface area (Å²) in [7, 11) is -6.15. The van der Waals surface area contributed by atoms with E-state index in [1.54, 1.807) is 0 Å². The minimum absolute atomic E-state index is 0.306. The third-order valence-corrected chi connectivity index (χ3v) is 19.0. The third-order valence-electron chi connectivity index (χ3n) is 13.5. The number of H-pyrrole nitrogens is 2. The van der Waals surface area contributed by atoms with Crippen LogP contribution in [0.2, 0.25) is 0 Å². The van der Waals surface area contributed by atoms with Crippen molar-refractivity contribution in [2.75, 3.05) is 0 Å². The maximum atomic E-state index is 14.2. The van der Waals surface area contributed by atoms with Crippen LogP contribution in [0.5, 0.6) is 0 Å². The topological polar surface area (TPSA) is 177 Å². The molecule has 2 N–H and O–H groups in total. The monoisotopic (exact) mass is 1070 g/mol. The van der Waals surface area contributed by atoms with E-state index in [2.05, 4.69) is 9.97 Å². The van der Waals surface area contributed by atoms with E-state index in [-0.39, 0.29) is 0 Å². The molecule has 5 heterocycles. The molecule has 8 aromatic carbocycles. The van der Waals surface area contributed by atoms with E-state index in [4.69, 9.17) is 29.9 Å². The molecule has 2 aliphatic rings. The van der Waals surface area contributed by atoms with Gasteiger partial charge in [-0.05, 0) is 149 Å². The van der Waals surface area contributed by atoms with Crippen LogP contribution >= 0.6 is 0 Å².